The second kappa shape index (κ2) is 9.67. The number of nitrogens with zero attached hydrogens (tertiary/aromatic N) is 1. The molecule has 35 heavy (non-hydrogen) atoms. The van der Waals surface area contributed by atoms with E-state index in [2.05, 4.69) is 16.6 Å². The van der Waals surface area contributed by atoms with Crippen molar-refractivity contribution in [2.75, 3.05) is 36.4 Å². The SMILES string of the molecule is CN1CCOc2cc(S(=O)(=O)Nc3ccc(C(F)(F)F)cc3C#CCOC(C)(C)C(=O)O)ccc21. The van der Waals surface area contributed by atoms with Gasteiger partial charge < -0.3 is 19.5 Å². The standard InChI is InChI=1S/C23H23F3N2O6S/c1-22(2,21(29)30)34-11-4-5-15-13-16(23(24,25)26)6-8-18(15)27-35(31,32)17-7-9-19-20(14-17)33-12-10-28(19)3/h6-9,13-14,27H,10-12H2,1-3H3,(H,29,30). The number of carbonyl (C=O) groups is 1. The average Bonchev–Trinajstić information content (AvgIpc) is 2.76. The number of carboxylic acid groups (broad SMARTS) is 1. The summed E-state index contributed by atoms with van der Waals surface area (Å²) < 4.78 is 78.6. The fourth-order valence-electron chi connectivity index (χ4n) is 3.03. The molecule has 188 valence electrons. The monoisotopic (exact) mass is 512 g/mol. The number of ether oxygens (including phenoxy) is 2. The predicted molar refractivity (Wildman–Crippen MR) is 122 cm³/mol. The van der Waals surface area contributed by atoms with Gasteiger partial charge in [0.25, 0.3) is 10.0 Å². The van der Waals surface area contributed by atoms with E-state index in [1.54, 1.807) is 6.07 Å². The van der Waals surface area contributed by atoms with Crippen molar-refractivity contribution in [3.8, 4) is 17.6 Å². The third-order valence-electron chi connectivity index (χ3n) is 5.17. The Hall–Kier alpha value is -3.43. The number of hydrogen-bond acceptors (Lipinski definition) is 6. The van der Waals surface area contributed by atoms with Gasteiger partial charge in [0.2, 0.25) is 0 Å². The molecular formula is C23H23F3N2O6S. The lowest BCUT2D eigenvalue weighted by molar-refractivity contribution is -0.159. The van der Waals surface area contributed by atoms with Crippen LogP contribution in [-0.2, 0) is 25.7 Å². The largest absolute Gasteiger partial charge is 0.490 e. The van der Waals surface area contributed by atoms with Gasteiger partial charge in [0.15, 0.2) is 5.60 Å². The highest BCUT2D eigenvalue weighted by Gasteiger charge is 2.31. The topological polar surface area (TPSA) is 105 Å². The third-order valence-corrected chi connectivity index (χ3v) is 6.53. The number of sulfonamides is 1. The second-order valence-electron chi connectivity index (χ2n) is 8.17. The first-order valence-corrected chi connectivity index (χ1v) is 11.8. The maximum atomic E-state index is 13.2. The molecule has 0 saturated heterocycles. The summed E-state index contributed by atoms with van der Waals surface area (Å²) in [5, 5.41) is 9.07. The molecule has 1 aliphatic heterocycles. The second-order valence-corrected chi connectivity index (χ2v) is 9.85. The first-order valence-electron chi connectivity index (χ1n) is 10.3. The first kappa shape index (κ1) is 26.2. The van der Waals surface area contributed by atoms with E-state index in [9.17, 15) is 26.4 Å². The molecule has 0 atom stereocenters. The molecule has 1 heterocycles. The van der Waals surface area contributed by atoms with Crippen molar-refractivity contribution in [3.63, 3.8) is 0 Å². The highest BCUT2D eigenvalue weighted by molar-refractivity contribution is 7.92. The van der Waals surface area contributed by atoms with Gasteiger partial charge in [-0.3, -0.25) is 4.72 Å². The van der Waals surface area contributed by atoms with E-state index >= 15 is 0 Å². The molecule has 0 aliphatic carbocycles. The summed E-state index contributed by atoms with van der Waals surface area (Å²) in [5.41, 5.74) is -2.31. The third kappa shape index (κ3) is 6.17. The predicted octanol–water partition coefficient (Wildman–Crippen LogP) is 3.57. The smallest absolute Gasteiger partial charge is 0.416 e. The van der Waals surface area contributed by atoms with Crippen molar-refractivity contribution >= 4 is 27.4 Å². The number of nitrogens with one attached hydrogen (secondary N) is 1. The molecule has 0 radical (unpaired) electrons. The molecule has 0 aromatic heterocycles. The molecule has 0 saturated carbocycles. The van der Waals surface area contributed by atoms with Crippen LogP contribution in [0, 0.1) is 11.8 Å². The van der Waals surface area contributed by atoms with Crippen molar-refractivity contribution < 1.29 is 41.0 Å². The van der Waals surface area contributed by atoms with Crippen LogP contribution >= 0.6 is 0 Å². The van der Waals surface area contributed by atoms with E-state index in [-0.39, 0.29) is 16.1 Å². The molecular weight excluding hydrogens is 489 g/mol. The summed E-state index contributed by atoms with van der Waals surface area (Å²) in [7, 11) is -2.37. The van der Waals surface area contributed by atoms with Crippen molar-refractivity contribution in [2.45, 2.75) is 30.5 Å². The van der Waals surface area contributed by atoms with E-state index in [0.29, 0.717) is 30.7 Å². The Kier molecular flexibility index (Phi) is 7.23. The highest BCUT2D eigenvalue weighted by atomic mass is 32.2. The number of fused-ring (bicyclic) bond motifs is 1. The van der Waals surface area contributed by atoms with Crippen LogP contribution in [0.4, 0.5) is 24.5 Å². The minimum atomic E-state index is -4.68. The van der Waals surface area contributed by atoms with Gasteiger partial charge in [-0.2, -0.15) is 13.2 Å². The minimum Gasteiger partial charge on any atom is -0.490 e. The van der Waals surface area contributed by atoms with Gasteiger partial charge in [-0.05, 0) is 44.2 Å². The molecule has 0 fully saturated rings. The fraction of sp³-hybridized carbons (Fsp3) is 0.348. The van der Waals surface area contributed by atoms with Gasteiger partial charge in [-0.1, -0.05) is 11.8 Å². The molecule has 8 nitrogen and oxygen atoms in total. The van der Waals surface area contributed by atoms with E-state index in [0.717, 1.165) is 12.1 Å². The number of halogens is 3. The summed E-state index contributed by atoms with van der Waals surface area (Å²) in [6.07, 6.45) is -4.68. The molecule has 0 unspecified atom stereocenters. The van der Waals surface area contributed by atoms with Crippen LogP contribution in [0.1, 0.15) is 25.0 Å². The number of carboxylic acids is 1. The molecule has 1 aliphatic rings. The molecule has 0 spiro atoms. The van der Waals surface area contributed by atoms with Crippen LogP contribution < -0.4 is 14.4 Å². The van der Waals surface area contributed by atoms with Crippen LogP contribution in [0.2, 0.25) is 0 Å². The van der Waals surface area contributed by atoms with Crippen LogP contribution in [0.3, 0.4) is 0 Å². The van der Waals surface area contributed by atoms with Crippen molar-refractivity contribution in [3.05, 3.63) is 47.5 Å². The van der Waals surface area contributed by atoms with Gasteiger partial charge >= 0.3 is 12.1 Å². The molecule has 2 N–H and O–H groups in total. The van der Waals surface area contributed by atoms with E-state index in [1.807, 2.05) is 11.9 Å². The molecule has 2 aromatic rings. The highest BCUT2D eigenvalue weighted by Crippen LogP contribution is 2.35. The van der Waals surface area contributed by atoms with Crippen LogP contribution in [0.5, 0.6) is 5.75 Å². The Balaban J connectivity index is 1.92. The number of hydrogen-bond donors (Lipinski definition) is 2. The van der Waals surface area contributed by atoms with Crippen LogP contribution in [-0.4, -0.2) is 51.9 Å². The number of benzene rings is 2. The number of aliphatic carboxylic acids is 1. The van der Waals surface area contributed by atoms with Gasteiger partial charge in [-0.15, -0.1) is 0 Å². The van der Waals surface area contributed by atoms with E-state index in [1.165, 1.54) is 26.0 Å². The Morgan fingerprint density at radius 2 is 1.94 bits per heavy atom. The minimum absolute atomic E-state index is 0.142. The summed E-state index contributed by atoms with van der Waals surface area (Å²) in [6, 6.07) is 6.69. The maximum absolute atomic E-state index is 13.2. The Bertz CT molecular complexity index is 1300. The Morgan fingerprint density at radius 1 is 1.23 bits per heavy atom. The lowest BCUT2D eigenvalue weighted by Gasteiger charge is -2.27. The number of likely N-dealkylation sites (N-methyl/N-ethyl adjacent to an activating group) is 1. The maximum Gasteiger partial charge on any atom is 0.416 e. The molecule has 3 rings (SSSR count). The normalized spacial score (nSPS) is 13.8. The number of anilines is 2. The summed E-state index contributed by atoms with van der Waals surface area (Å²) in [4.78, 5) is 12.9. The molecule has 0 bridgehead atoms. The average molecular weight is 513 g/mol. The zero-order valence-corrected chi connectivity index (χ0v) is 19.9. The van der Waals surface area contributed by atoms with Gasteiger partial charge in [0.05, 0.1) is 28.4 Å². The zero-order chi connectivity index (χ0) is 26.0. The van der Waals surface area contributed by atoms with Gasteiger partial charge in [-0.25, -0.2) is 13.2 Å². The zero-order valence-electron chi connectivity index (χ0n) is 19.1. The summed E-state index contributed by atoms with van der Waals surface area (Å²) >= 11 is 0. The summed E-state index contributed by atoms with van der Waals surface area (Å²) in [5.74, 6) is 4.00. The lowest BCUT2D eigenvalue weighted by Crippen LogP contribution is -2.34. The van der Waals surface area contributed by atoms with Gasteiger partial charge in [0.1, 0.15) is 19.0 Å². The molecule has 12 heteroatoms. The van der Waals surface area contributed by atoms with E-state index < -0.39 is 39.9 Å². The number of alkyl halides is 3. The Morgan fingerprint density at radius 3 is 2.60 bits per heavy atom. The lowest BCUT2D eigenvalue weighted by atomic mass is 10.1. The van der Waals surface area contributed by atoms with Crippen LogP contribution in [0.15, 0.2) is 41.3 Å². The Labute approximate surface area is 200 Å². The summed E-state index contributed by atoms with van der Waals surface area (Å²) in [6.45, 7) is 3.19. The molecule has 2 aromatic carbocycles. The van der Waals surface area contributed by atoms with Crippen molar-refractivity contribution in [2.24, 2.45) is 0 Å². The van der Waals surface area contributed by atoms with E-state index in [4.69, 9.17) is 14.6 Å². The van der Waals surface area contributed by atoms with Gasteiger partial charge in [0, 0.05) is 18.7 Å². The molecule has 0 amide bonds. The van der Waals surface area contributed by atoms with Crippen LogP contribution in [0.25, 0.3) is 0 Å². The number of rotatable bonds is 6. The fourth-order valence-corrected chi connectivity index (χ4v) is 4.13. The quantitative estimate of drug-likeness (QED) is 0.571. The van der Waals surface area contributed by atoms with Crippen molar-refractivity contribution in [1.82, 2.24) is 0 Å². The first-order chi connectivity index (χ1) is 16.2. The van der Waals surface area contributed by atoms with Crippen molar-refractivity contribution in [1.29, 1.82) is 0 Å².